The highest BCUT2D eigenvalue weighted by Crippen LogP contribution is 2.59. The summed E-state index contributed by atoms with van der Waals surface area (Å²) in [6.45, 7) is 2.26. The molecule has 2 saturated carbocycles. The molecule has 6 nitrogen and oxygen atoms in total. The standard InChI is InChI=1S/C18H24N2O4S/c1-18-9-8-14-13-5-3-12(24-25(19,22)23)10-11(13)2-4-15(14)16(18)6-7-17(18)20-21/h3,5,10,14-16,21H,2,4,6-9H2,1H3,(H2,19,22,23)/t14-,15-,16+,18+/m1/s1. The zero-order valence-corrected chi connectivity index (χ0v) is 15.1. The molecule has 0 saturated heterocycles. The van der Waals surface area contributed by atoms with E-state index in [0.717, 1.165) is 44.2 Å². The predicted octanol–water partition coefficient (Wildman–Crippen LogP) is 2.96. The molecule has 3 aliphatic rings. The number of rotatable bonds is 2. The second kappa shape index (κ2) is 5.71. The molecule has 7 heteroatoms. The Kier molecular flexibility index (Phi) is 3.85. The Hall–Kier alpha value is -1.60. The number of aryl methyl sites for hydroxylation is 1. The quantitative estimate of drug-likeness (QED) is 0.622. The molecule has 0 spiro atoms. The molecule has 136 valence electrons. The minimum atomic E-state index is -3.99. The van der Waals surface area contributed by atoms with E-state index in [1.54, 1.807) is 6.07 Å². The zero-order valence-electron chi connectivity index (χ0n) is 14.3. The van der Waals surface area contributed by atoms with Crippen LogP contribution in [0.3, 0.4) is 0 Å². The van der Waals surface area contributed by atoms with Gasteiger partial charge in [0.05, 0.1) is 5.71 Å². The topological polar surface area (TPSA) is 102 Å². The summed E-state index contributed by atoms with van der Waals surface area (Å²) in [4.78, 5) is 0. The molecule has 0 amide bonds. The summed E-state index contributed by atoms with van der Waals surface area (Å²) in [5, 5.41) is 17.9. The normalized spacial score (nSPS) is 35.8. The van der Waals surface area contributed by atoms with Crippen molar-refractivity contribution in [1.82, 2.24) is 0 Å². The summed E-state index contributed by atoms with van der Waals surface area (Å²) < 4.78 is 27.1. The van der Waals surface area contributed by atoms with Gasteiger partial charge in [-0.25, -0.2) is 0 Å². The van der Waals surface area contributed by atoms with E-state index in [1.165, 1.54) is 11.1 Å². The molecule has 25 heavy (non-hydrogen) atoms. The molecule has 3 N–H and O–H groups in total. The van der Waals surface area contributed by atoms with E-state index < -0.39 is 10.3 Å². The van der Waals surface area contributed by atoms with Crippen LogP contribution in [-0.2, 0) is 16.7 Å². The molecular weight excluding hydrogens is 340 g/mol. The first-order valence-electron chi connectivity index (χ1n) is 8.88. The third-order valence-electron chi connectivity index (χ3n) is 6.77. The van der Waals surface area contributed by atoms with Gasteiger partial charge < -0.3 is 9.39 Å². The monoisotopic (exact) mass is 364 g/mol. The lowest BCUT2D eigenvalue weighted by molar-refractivity contribution is 0.0938. The molecule has 3 aliphatic carbocycles. The van der Waals surface area contributed by atoms with Crippen molar-refractivity contribution >= 4 is 16.0 Å². The molecule has 0 aliphatic heterocycles. The van der Waals surface area contributed by atoms with Crippen molar-refractivity contribution in [2.45, 2.75) is 51.4 Å². The van der Waals surface area contributed by atoms with Gasteiger partial charge in [-0.3, -0.25) is 0 Å². The lowest BCUT2D eigenvalue weighted by Gasteiger charge is -2.48. The van der Waals surface area contributed by atoms with Gasteiger partial charge in [0.15, 0.2) is 0 Å². The maximum Gasteiger partial charge on any atom is 0.380 e. The lowest BCUT2D eigenvalue weighted by Crippen LogP contribution is -2.42. The van der Waals surface area contributed by atoms with E-state index in [2.05, 4.69) is 12.1 Å². The first-order chi connectivity index (χ1) is 11.8. The van der Waals surface area contributed by atoms with Crippen LogP contribution in [0.15, 0.2) is 23.4 Å². The van der Waals surface area contributed by atoms with E-state index in [9.17, 15) is 13.6 Å². The van der Waals surface area contributed by atoms with Gasteiger partial charge in [-0.05, 0) is 79.5 Å². The average molecular weight is 364 g/mol. The molecule has 1 aromatic carbocycles. The molecule has 4 atom stereocenters. The van der Waals surface area contributed by atoms with Gasteiger partial charge in [0.25, 0.3) is 0 Å². The first kappa shape index (κ1) is 16.8. The van der Waals surface area contributed by atoms with Crippen LogP contribution in [0.4, 0.5) is 0 Å². The van der Waals surface area contributed by atoms with Crippen LogP contribution in [0.2, 0.25) is 0 Å². The second-order valence-corrected chi connectivity index (χ2v) is 9.05. The molecule has 4 rings (SSSR count). The van der Waals surface area contributed by atoms with E-state index in [4.69, 9.17) is 9.32 Å². The van der Waals surface area contributed by atoms with Gasteiger partial charge in [-0.15, -0.1) is 0 Å². The number of benzene rings is 1. The highest BCUT2D eigenvalue weighted by Gasteiger charge is 2.53. The van der Waals surface area contributed by atoms with Crippen molar-refractivity contribution in [3.05, 3.63) is 29.3 Å². The van der Waals surface area contributed by atoms with Gasteiger partial charge in [0, 0.05) is 5.41 Å². The molecule has 0 bridgehead atoms. The number of fused-ring (bicyclic) bond motifs is 5. The van der Waals surface area contributed by atoms with Crippen LogP contribution < -0.4 is 9.32 Å². The SMILES string of the molecule is C[C@]12CC[C@@H]3c4ccc(OS(N)(=O)=O)cc4CC[C@H]3[C@@H]1CCC2=NO. The van der Waals surface area contributed by atoms with E-state index >= 15 is 0 Å². The van der Waals surface area contributed by atoms with Crippen LogP contribution in [0.5, 0.6) is 5.75 Å². The summed E-state index contributed by atoms with van der Waals surface area (Å²) >= 11 is 0. The molecule has 0 radical (unpaired) electrons. The fraction of sp³-hybridized carbons (Fsp3) is 0.611. The van der Waals surface area contributed by atoms with E-state index in [1.807, 2.05) is 12.1 Å². The van der Waals surface area contributed by atoms with Crippen molar-refractivity contribution < 1.29 is 17.8 Å². The van der Waals surface area contributed by atoms with Crippen molar-refractivity contribution in [3.63, 3.8) is 0 Å². The first-order valence-corrected chi connectivity index (χ1v) is 10.4. The van der Waals surface area contributed by atoms with Crippen LogP contribution in [-0.4, -0.2) is 19.3 Å². The Morgan fingerprint density at radius 2 is 2.08 bits per heavy atom. The van der Waals surface area contributed by atoms with Gasteiger partial charge in [-0.2, -0.15) is 13.6 Å². The summed E-state index contributed by atoms with van der Waals surface area (Å²) in [7, 11) is -3.99. The Balaban J connectivity index is 1.64. The highest BCUT2D eigenvalue weighted by atomic mass is 32.2. The number of nitrogens with zero attached hydrogens (tertiary/aromatic N) is 1. The molecule has 0 unspecified atom stereocenters. The maximum absolute atomic E-state index is 11.1. The van der Waals surface area contributed by atoms with Crippen molar-refractivity contribution in [2.75, 3.05) is 0 Å². The number of hydrogen-bond acceptors (Lipinski definition) is 5. The van der Waals surface area contributed by atoms with Crippen molar-refractivity contribution in [2.24, 2.45) is 27.5 Å². The van der Waals surface area contributed by atoms with Crippen LogP contribution >= 0.6 is 0 Å². The molecule has 0 heterocycles. The molecule has 2 fully saturated rings. The Bertz CT molecular complexity index is 835. The summed E-state index contributed by atoms with van der Waals surface area (Å²) in [5.74, 6) is 1.93. The summed E-state index contributed by atoms with van der Waals surface area (Å²) in [5.41, 5.74) is 3.48. The van der Waals surface area contributed by atoms with Crippen molar-refractivity contribution in [3.8, 4) is 5.75 Å². The summed E-state index contributed by atoms with van der Waals surface area (Å²) in [6, 6.07) is 5.53. The lowest BCUT2D eigenvalue weighted by atomic mass is 9.55. The smallest absolute Gasteiger partial charge is 0.380 e. The van der Waals surface area contributed by atoms with Crippen molar-refractivity contribution in [1.29, 1.82) is 0 Å². The maximum atomic E-state index is 11.1. The Labute approximate surface area is 148 Å². The minimum Gasteiger partial charge on any atom is -0.411 e. The summed E-state index contributed by atoms with van der Waals surface area (Å²) in [6.07, 6.45) is 6.09. The Morgan fingerprint density at radius 3 is 2.80 bits per heavy atom. The number of oxime groups is 1. The van der Waals surface area contributed by atoms with Crippen LogP contribution in [0.25, 0.3) is 0 Å². The van der Waals surface area contributed by atoms with Crippen LogP contribution in [0.1, 0.15) is 56.1 Å². The van der Waals surface area contributed by atoms with E-state index in [0.29, 0.717) is 17.8 Å². The minimum absolute atomic E-state index is 0.0318. The number of hydrogen-bond donors (Lipinski definition) is 2. The highest BCUT2D eigenvalue weighted by molar-refractivity contribution is 7.84. The third kappa shape index (κ3) is 2.73. The third-order valence-corrected chi connectivity index (χ3v) is 7.20. The fourth-order valence-electron chi connectivity index (χ4n) is 5.70. The predicted molar refractivity (Wildman–Crippen MR) is 94.0 cm³/mol. The average Bonchev–Trinajstić information content (AvgIpc) is 2.89. The van der Waals surface area contributed by atoms with Gasteiger partial charge in [-0.1, -0.05) is 18.1 Å². The largest absolute Gasteiger partial charge is 0.411 e. The van der Waals surface area contributed by atoms with E-state index in [-0.39, 0.29) is 11.2 Å². The molecular formula is C18H24N2O4S. The molecule has 0 aromatic heterocycles. The van der Waals surface area contributed by atoms with Gasteiger partial charge in [0.2, 0.25) is 0 Å². The zero-order chi connectivity index (χ0) is 17.8. The number of nitrogens with two attached hydrogens (primary N) is 1. The molecule has 1 aromatic rings. The van der Waals surface area contributed by atoms with Crippen LogP contribution in [0, 0.1) is 17.3 Å². The Morgan fingerprint density at radius 1 is 1.28 bits per heavy atom. The fourth-order valence-corrected chi connectivity index (χ4v) is 6.07. The van der Waals surface area contributed by atoms with Gasteiger partial charge >= 0.3 is 10.3 Å². The second-order valence-electron chi connectivity index (χ2n) is 7.89. The van der Waals surface area contributed by atoms with Gasteiger partial charge in [0.1, 0.15) is 5.75 Å².